The second-order valence-corrected chi connectivity index (χ2v) is 6.39. The molecular weight excluding hydrogens is 304 g/mol. The summed E-state index contributed by atoms with van der Waals surface area (Å²) in [4.78, 5) is 10.9. The number of carbonyl (C=O) groups is 1. The molecular formula is C15H24O6Si. The second-order valence-electron chi connectivity index (χ2n) is 4.49. The van der Waals surface area contributed by atoms with Gasteiger partial charge in [0.1, 0.15) is 0 Å². The van der Waals surface area contributed by atoms with Gasteiger partial charge in [-0.15, -0.1) is 0 Å². The first-order chi connectivity index (χ1) is 10.2. The predicted octanol–water partition coefficient (Wildman–Crippen LogP) is 3.21. The lowest BCUT2D eigenvalue weighted by Crippen LogP contribution is -2.48. The molecule has 0 radical (unpaired) electrons. The van der Waals surface area contributed by atoms with Crippen molar-refractivity contribution in [3.05, 3.63) is 49.7 Å². The molecule has 0 aromatic rings. The van der Waals surface area contributed by atoms with Gasteiger partial charge in [-0.3, -0.25) is 0 Å². The normalized spacial score (nSPS) is 10.3. The van der Waals surface area contributed by atoms with Crippen LogP contribution in [0.25, 0.3) is 0 Å². The van der Waals surface area contributed by atoms with Crippen LogP contribution in [0.1, 0.15) is 27.2 Å². The number of rotatable bonds is 12. The van der Waals surface area contributed by atoms with Gasteiger partial charge in [0.25, 0.3) is 0 Å². The van der Waals surface area contributed by atoms with Gasteiger partial charge in [0, 0.05) is 19.1 Å². The Labute approximate surface area is 133 Å². The van der Waals surface area contributed by atoms with E-state index in [1.807, 2.05) is 0 Å². The molecule has 0 rings (SSSR count). The summed E-state index contributed by atoms with van der Waals surface area (Å²) in [6, 6.07) is 0. The Balaban J connectivity index is 4.70. The third-order valence-corrected chi connectivity index (χ3v) is 4.23. The summed E-state index contributed by atoms with van der Waals surface area (Å²) < 4.78 is 27.1. The molecule has 0 aliphatic rings. The van der Waals surface area contributed by atoms with Crippen molar-refractivity contribution in [2.75, 3.05) is 13.2 Å². The lowest BCUT2D eigenvalue weighted by molar-refractivity contribution is -0.138. The molecule has 7 heteroatoms. The molecule has 0 aliphatic heterocycles. The number of allylic oxidation sites excluding steroid dienone is 3. The summed E-state index contributed by atoms with van der Waals surface area (Å²) in [6.07, 6.45) is 1.53. The molecule has 0 saturated carbocycles. The zero-order chi connectivity index (χ0) is 17.2. The highest BCUT2D eigenvalue weighted by Gasteiger charge is 2.54. The van der Waals surface area contributed by atoms with Crippen LogP contribution in [0.5, 0.6) is 0 Å². The summed E-state index contributed by atoms with van der Waals surface area (Å²) in [7, 11) is -3.53. The van der Waals surface area contributed by atoms with Gasteiger partial charge in [0.05, 0.1) is 23.9 Å². The van der Waals surface area contributed by atoms with Gasteiger partial charge < -0.3 is 22.4 Å². The van der Waals surface area contributed by atoms with Gasteiger partial charge in [0.15, 0.2) is 0 Å². The van der Waals surface area contributed by atoms with Gasteiger partial charge in [-0.2, -0.15) is 0 Å². The Kier molecular flexibility index (Phi) is 8.96. The predicted molar refractivity (Wildman–Crippen MR) is 85.2 cm³/mol. The summed E-state index contributed by atoms with van der Waals surface area (Å²) in [5.41, 5.74) is 0. The van der Waals surface area contributed by atoms with Gasteiger partial charge in [0.2, 0.25) is 0 Å². The van der Waals surface area contributed by atoms with E-state index < -0.39 is 15.0 Å². The Bertz CT molecular complexity index is 403. The van der Waals surface area contributed by atoms with Gasteiger partial charge in [-0.25, -0.2) is 4.79 Å². The number of hydrogen-bond donors (Lipinski definition) is 0. The zero-order valence-corrected chi connectivity index (χ0v) is 14.5. The molecule has 0 spiro atoms. The minimum absolute atomic E-state index is 0.183. The molecule has 0 heterocycles. The van der Waals surface area contributed by atoms with Crippen molar-refractivity contribution in [2.24, 2.45) is 0 Å². The summed E-state index contributed by atoms with van der Waals surface area (Å²) in [6.45, 7) is 19.6. The molecule has 0 unspecified atom stereocenters. The van der Waals surface area contributed by atoms with E-state index in [1.165, 1.54) is 0 Å². The first kappa shape index (κ1) is 20.0. The van der Waals surface area contributed by atoms with Crippen LogP contribution in [0.2, 0.25) is 0 Å². The highest BCUT2D eigenvalue weighted by atomic mass is 28.4. The van der Waals surface area contributed by atoms with Crippen LogP contribution in [-0.4, -0.2) is 28.2 Å². The molecule has 6 nitrogen and oxygen atoms in total. The first-order valence-electron chi connectivity index (χ1n) is 6.67. The Morgan fingerprint density at radius 3 is 1.77 bits per heavy atom. The molecule has 124 valence electrons. The van der Waals surface area contributed by atoms with Crippen molar-refractivity contribution >= 4 is 15.0 Å². The fraction of sp³-hybridized carbons (Fsp3) is 0.400. The molecule has 0 aromatic carbocycles. The molecule has 0 aliphatic carbocycles. The van der Waals surface area contributed by atoms with Crippen LogP contribution in [0, 0.1) is 0 Å². The quantitative estimate of drug-likeness (QED) is 0.180. The van der Waals surface area contributed by atoms with Crippen LogP contribution in [0.3, 0.4) is 0 Å². The average Bonchev–Trinajstić information content (AvgIpc) is 2.35. The van der Waals surface area contributed by atoms with Crippen molar-refractivity contribution in [3.63, 3.8) is 0 Å². The SMILES string of the molecule is C=CC(=O)OCCCO[Si](OC(=C)C)(OC(=C)C)OC(=C)C. The minimum atomic E-state index is -3.53. The van der Waals surface area contributed by atoms with Crippen molar-refractivity contribution in [2.45, 2.75) is 27.2 Å². The molecule has 22 heavy (non-hydrogen) atoms. The van der Waals surface area contributed by atoms with Crippen LogP contribution in [0.4, 0.5) is 0 Å². The van der Waals surface area contributed by atoms with Crippen LogP contribution in [0.15, 0.2) is 49.7 Å². The molecule has 0 atom stereocenters. The van der Waals surface area contributed by atoms with Gasteiger partial charge >= 0.3 is 15.0 Å². The standard InChI is InChI=1S/C15H24O6Si/c1-8-15(16)17-10-9-11-18-22(19-12(2)3,20-13(4)5)21-14(6)7/h8H,1-2,4,6,9-11H2,3,5,7H3. The van der Waals surface area contributed by atoms with Crippen molar-refractivity contribution < 1.29 is 27.2 Å². The second kappa shape index (κ2) is 9.86. The largest absolute Gasteiger partial charge is 0.892 e. The van der Waals surface area contributed by atoms with E-state index in [9.17, 15) is 4.79 Å². The zero-order valence-electron chi connectivity index (χ0n) is 13.5. The summed E-state index contributed by atoms with van der Waals surface area (Å²) in [5, 5.41) is 0. The van der Waals surface area contributed by atoms with E-state index in [4.69, 9.17) is 22.4 Å². The maximum absolute atomic E-state index is 10.9. The van der Waals surface area contributed by atoms with Crippen LogP contribution in [-0.2, 0) is 27.2 Å². The first-order valence-corrected chi connectivity index (χ1v) is 8.31. The molecule has 0 saturated heterocycles. The fourth-order valence-electron chi connectivity index (χ4n) is 1.28. The van der Waals surface area contributed by atoms with Crippen molar-refractivity contribution in [3.8, 4) is 0 Å². The number of ether oxygens (including phenoxy) is 1. The van der Waals surface area contributed by atoms with Crippen molar-refractivity contribution in [1.29, 1.82) is 0 Å². The van der Waals surface area contributed by atoms with Crippen LogP contribution >= 0.6 is 0 Å². The molecule has 0 fully saturated rings. The van der Waals surface area contributed by atoms with E-state index in [-0.39, 0.29) is 13.2 Å². The Hall–Kier alpha value is -1.99. The highest BCUT2D eigenvalue weighted by molar-refractivity contribution is 6.54. The Morgan fingerprint density at radius 1 is 0.955 bits per heavy atom. The smallest absolute Gasteiger partial charge is 0.467 e. The molecule has 0 aromatic heterocycles. The number of esters is 1. The molecule has 0 N–H and O–H groups in total. The van der Waals surface area contributed by atoms with E-state index >= 15 is 0 Å². The van der Waals surface area contributed by atoms with E-state index in [1.54, 1.807) is 20.8 Å². The number of hydrogen-bond acceptors (Lipinski definition) is 6. The van der Waals surface area contributed by atoms with E-state index in [2.05, 4.69) is 26.3 Å². The average molecular weight is 328 g/mol. The summed E-state index contributed by atoms with van der Waals surface area (Å²) in [5.74, 6) is 0.657. The lowest BCUT2D eigenvalue weighted by Gasteiger charge is -2.28. The minimum Gasteiger partial charge on any atom is -0.467 e. The van der Waals surface area contributed by atoms with Gasteiger partial charge in [-0.1, -0.05) is 26.3 Å². The fourth-order valence-corrected chi connectivity index (χ4v) is 3.26. The monoisotopic (exact) mass is 328 g/mol. The van der Waals surface area contributed by atoms with E-state index in [0.29, 0.717) is 23.7 Å². The third-order valence-electron chi connectivity index (χ3n) is 1.88. The number of carbonyl (C=O) groups excluding carboxylic acids is 1. The summed E-state index contributed by atoms with van der Waals surface area (Å²) >= 11 is 0. The molecule has 0 amide bonds. The van der Waals surface area contributed by atoms with E-state index in [0.717, 1.165) is 6.08 Å². The highest BCUT2D eigenvalue weighted by Crippen LogP contribution is 2.21. The van der Waals surface area contributed by atoms with Gasteiger partial charge in [-0.05, 0) is 20.8 Å². The molecule has 0 bridgehead atoms. The maximum Gasteiger partial charge on any atom is 0.892 e. The topological polar surface area (TPSA) is 63.2 Å². The van der Waals surface area contributed by atoms with Crippen LogP contribution < -0.4 is 0 Å². The lowest BCUT2D eigenvalue weighted by atomic mass is 10.5. The third kappa shape index (κ3) is 9.04. The maximum atomic E-state index is 10.9. The van der Waals surface area contributed by atoms with Crippen molar-refractivity contribution in [1.82, 2.24) is 0 Å². The Morgan fingerprint density at radius 2 is 1.41 bits per heavy atom.